The van der Waals surface area contributed by atoms with Gasteiger partial charge in [0.25, 0.3) is 0 Å². The van der Waals surface area contributed by atoms with E-state index in [0.717, 1.165) is 12.8 Å². The summed E-state index contributed by atoms with van der Waals surface area (Å²) >= 11 is 0. The molecule has 3 heteroatoms. The van der Waals surface area contributed by atoms with Crippen LogP contribution in [0.3, 0.4) is 0 Å². The summed E-state index contributed by atoms with van der Waals surface area (Å²) in [6, 6.07) is 27.7. The van der Waals surface area contributed by atoms with Gasteiger partial charge in [-0.2, -0.15) is 0 Å². The third-order valence-corrected chi connectivity index (χ3v) is 4.42. The van der Waals surface area contributed by atoms with Crippen LogP contribution < -0.4 is 4.74 Å². The number of carboxylic acid groups (broad SMARTS) is 1. The predicted octanol–water partition coefficient (Wildman–Crippen LogP) is 5.38. The molecule has 3 rings (SSSR count). The minimum absolute atomic E-state index is 0.204. The summed E-state index contributed by atoms with van der Waals surface area (Å²) in [6.45, 7) is 0.487. The van der Waals surface area contributed by atoms with Crippen LogP contribution in [0.15, 0.2) is 84.9 Å². The first-order valence-corrected chi connectivity index (χ1v) is 8.80. The van der Waals surface area contributed by atoms with Crippen LogP contribution in [0.5, 0.6) is 5.75 Å². The molecule has 3 nitrogen and oxygen atoms in total. The molecule has 0 aromatic heterocycles. The highest BCUT2D eigenvalue weighted by molar-refractivity contribution is 5.90. The number of hydrogen-bond acceptors (Lipinski definition) is 2. The van der Waals surface area contributed by atoms with Crippen LogP contribution in [0.2, 0.25) is 0 Å². The molecule has 132 valence electrons. The van der Waals surface area contributed by atoms with Crippen molar-refractivity contribution >= 4 is 5.97 Å². The van der Waals surface area contributed by atoms with Crippen LogP contribution in [0, 0.1) is 0 Å². The normalized spacial score (nSPS) is 10.7. The van der Waals surface area contributed by atoms with Crippen molar-refractivity contribution in [3.05, 3.63) is 102 Å². The van der Waals surface area contributed by atoms with Crippen molar-refractivity contribution in [2.75, 3.05) is 6.61 Å². The lowest BCUT2D eigenvalue weighted by Crippen LogP contribution is -2.07. The third-order valence-electron chi connectivity index (χ3n) is 4.42. The van der Waals surface area contributed by atoms with Gasteiger partial charge in [-0.05, 0) is 36.1 Å². The Morgan fingerprint density at radius 3 is 1.92 bits per heavy atom. The average molecular weight is 346 g/mol. The van der Waals surface area contributed by atoms with Crippen LogP contribution in [0.4, 0.5) is 0 Å². The summed E-state index contributed by atoms with van der Waals surface area (Å²) in [4.78, 5) is 11.3. The average Bonchev–Trinajstić information content (AvgIpc) is 2.69. The van der Waals surface area contributed by atoms with Gasteiger partial charge in [-0.25, -0.2) is 4.79 Å². The molecular weight excluding hydrogens is 324 g/mol. The molecule has 0 aliphatic carbocycles. The van der Waals surface area contributed by atoms with Crippen LogP contribution >= 0.6 is 0 Å². The lowest BCUT2D eigenvalue weighted by Gasteiger charge is -2.18. The summed E-state index contributed by atoms with van der Waals surface area (Å²) in [6.07, 6.45) is 1.77. The fraction of sp³-hybridized carbons (Fsp3) is 0.174. The quantitative estimate of drug-likeness (QED) is 0.557. The lowest BCUT2D eigenvalue weighted by molar-refractivity contribution is 0.0692. The van der Waals surface area contributed by atoms with E-state index < -0.39 is 5.97 Å². The van der Waals surface area contributed by atoms with E-state index in [9.17, 15) is 9.90 Å². The maximum Gasteiger partial charge on any atom is 0.339 e. The Morgan fingerprint density at radius 2 is 1.35 bits per heavy atom. The highest BCUT2D eigenvalue weighted by atomic mass is 16.5. The van der Waals surface area contributed by atoms with E-state index in [0.29, 0.717) is 18.3 Å². The van der Waals surface area contributed by atoms with E-state index in [2.05, 4.69) is 48.5 Å². The second kappa shape index (κ2) is 8.86. The topological polar surface area (TPSA) is 46.5 Å². The molecule has 3 aromatic rings. The Bertz CT molecular complexity index is 789. The SMILES string of the molecule is O=C(O)c1ccccc1OCCCC(c1ccccc1)c1ccccc1. The zero-order valence-corrected chi connectivity index (χ0v) is 14.5. The van der Waals surface area contributed by atoms with Gasteiger partial charge in [-0.3, -0.25) is 0 Å². The zero-order valence-electron chi connectivity index (χ0n) is 14.5. The molecule has 0 atom stereocenters. The molecule has 26 heavy (non-hydrogen) atoms. The van der Waals surface area contributed by atoms with Crippen molar-refractivity contribution in [2.45, 2.75) is 18.8 Å². The minimum atomic E-state index is -0.966. The third kappa shape index (κ3) is 4.51. The summed E-state index contributed by atoms with van der Waals surface area (Å²) < 4.78 is 5.74. The lowest BCUT2D eigenvalue weighted by atomic mass is 9.88. The van der Waals surface area contributed by atoms with E-state index >= 15 is 0 Å². The van der Waals surface area contributed by atoms with Crippen LogP contribution in [-0.2, 0) is 0 Å². The van der Waals surface area contributed by atoms with Gasteiger partial charge in [0.1, 0.15) is 11.3 Å². The number of carboxylic acids is 1. The standard InChI is InChI=1S/C23H22O3/c24-23(25)21-14-7-8-16-22(21)26-17-9-15-20(18-10-3-1-4-11-18)19-12-5-2-6-13-19/h1-8,10-14,16,20H,9,15,17H2,(H,24,25). The van der Waals surface area contributed by atoms with Gasteiger partial charge in [0.15, 0.2) is 0 Å². The summed E-state index contributed by atoms with van der Waals surface area (Å²) in [5.74, 6) is -0.237. The fourth-order valence-electron chi connectivity index (χ4n) is 3.14. The van der Waals surface area contributed by atoms with Crippen LogP contribution in [0.1, 0.15) is 40.2 Å². The number of aromatic carboxylic acids is 1. The van der Waals surface area contributed by atoms with Crippen LogP contribution in [-0.4, -0.2) is 17.7 Å². The first-order valence-electron chi connectivity index (χ1n) is 8.80. The number of carbonyl (C=O) groups is 1. The van der Waals surface area contributed by atoms with Gasteiger partial charge in [-0.1, -0.05) is 72.8 Å². The largest absolute Gasteiger partial charge is 0.493 e. The Labute approximate surface area is 153 Å². The van der Waals surface area contributed by atoms with Crippen LogP contribution in [0.25, 0.3) is 0 Å². The van der Waals surface area contributed by atoms with Crippen molar-refractivity contribution in [2.24, 2.45) is 0 Å². The molecule has 3 aromatic carbocycles. The number of hydrogen-bond donors (Lipinski definition) is 1. The molecule has 0 aliphatic heterocycles. The number of rotatable bonds is 8. The van der Waals surface area contributed by atoms with Gasteiger partial charge in [-0.15, -0.1) is 0 Å². The Hall–Kier alpha value is -3.07. The van der Waals surface area contributed by atoms with Gasteiger partial charge >= 0.3 is 5.97 Å². The number of ether oxygens (including phenoxy) is 1. The minimum Gasteiger partial charge on any atom is -0.493 e. The Kier molecular flexibility index (Phi) is 6.05. The molecule has 0 saturated carbocycles. The number of benzene rings is 3. The van der Waals surface area contributed by atoms with Crippen molar-refractivity contribution in [1.82, 2.24) is 0 Å². The molecule has 0 fully saturated rings. The molecule has 0 heterocycles. The molecule has 1 N–H and O–H groups in total. The second-order valence-electron chi connectivity index (χ2n) is 6.17. The first-order chi connectivity index (χ1) is 12.8. The second-order valence-corrected chi connectivity index (χ2v) is 6.17. The predicted molar refractivity (Wildman–Crippen MR) is 103 cm³/mol. The van der Waals surface area contributed by atoms with E-state index in [1.54, 1.807) is 24.3 Å². The Balaban J connectivity index is 1.65. The molecule has 0 unspecified atom stereocenters. The molecule has 0 bridgehead atoms. The smallest absolute Gasteiger partial charge is 0.339 e. The van der Waals surface area contributed by atoms with Gasteiger partial charge < -0.3 is 9.84 Å². The molecule has 0 aliphatic rings. The van der Waals surface area contributed by atoms with E-state index in [4.69, 9.17) is 4.74 Å². The summed E-state index contributed by atoms with van der Waals surface area (Å²) in [5.41, 5.74) is 2.77. The number of para-hydroxylation sites is 1. The highest BCUT2D eigenvalue weighted by Gasteiger charge is 2.14. The Morgan fingerprint density at radius 1 is 0.808 bits per heavy atom. The van der Waals surface area contributed by atoms with Crippen molar-refractivity contribution in [3.63, 3.8) is 0 Å². The molecule has 0 saturated heterocycles. The van der Waals surface area contributed by atoms with E-state index in [1.807, 2.05) is 12.1 Å². The summed E-state index contributed by atoms with van der Waals surface area (Å²) in [7, 11) is 0. The first kappa shape index (κ1) is 17.7. The van der Waals surface area contributed by atoms with Crippen molar-refractivity contribution in [3.8, 4) is 5.75 Å². The zero-order chi connectivity index (χ0) is 18.2. The van der Waals surface area contributed by atoms with Crippen molar-refractivity contribution in [1.29, 1.82) is 0 Å². The molecular formula is C23H22O3. The van der Waals surface area contributed by atoms with Crippen molar-refractivity contribution < 1.29 is 14.6 Å². The monoisotopic (exact) mass is 346 g/mol. The fourth-order valence-corrected chi connectivity index (χ4v) is 3.14. The van der Waals surface area contributed by atoms with Gasteiger partial charge in [0.2, 0.25) is 0 Å². The molecule has 0 amide bonds. The van der Waals surface area contributed by atoms with Gasteiger partial charge in [0, 0.05) is 5.92 Å². The maximum absolute atomic E-state index is 11.3. The molecule has 0 spiro atoms. The molecule has 0 radical (unpaired) electrons. The van der Waals surface area contributed by atoms with E-state index in [-0.39, 0.29) is 5.56 Å². The maximum atomic E-state index is 11.3. The summed E-state index contributed by atoms with van der Waals surface area (Å²) in [5, 5.41) is 9.23. The van der Waals surface area contributed by atoms with Gasteiger partial charge in [0.05, 0.1) is 6.61 Å². The van der Waals surface area contributed by atoms with E-state index in [1.165, 1.54) is 11.1 Å². The highest BCUT2D eigenvalue weighted by Crippen LogP contribution is 2.29.